The molecule has 2 aromatic carbocycles. The second-order valence-electron chi connectivity index (χ2n) is 6.97. The number of nitrogens with two attached hydrogens (primary N) is 2. The second kappa shape index (κ2) is 11.1. The number of hydrogen-bond donors (Lipinski definition) is 3. The second-order valence-corrected chi connectivity index (χ2v) is 7.48. The Balaban J connectivity index is 0.000000208. The first-order valence-electron chi connectivity index (χ1n) is 9.50. The van der Waals surface area contributed by atoms with Crippen LogP contribution in [0.4, 0.5) is 0 Å². The Bertz CT molecular complexity index is 744. The molecular formula is C22H30N4S. The van der Waals surface area contributed by atoms with E-state index in [-0.39, 0.29) is 0 Å². The molecule has 5 heteroatoms. The van der Waals surface area contributed by atoms with Crippen molar-refractivity contribution in [1.82, 2.24) is 4.90 Å². The van der Waals surface area contributed by atoms with E-state index in [1.54, 1.807) is 0 Å². The summed E-state index contributed by atoms with van der Waals surface area (Å²) < 4.78 is 0. The summed E-state index contributed by atoms with van der Waals surface area (Å²) in [4.78, 5) is 3.35. The first-order valence-corrected chi connectivity index (χ1v) is 9.95. The Hall–Kier alpha value is -1.84. The van der Waals surface area contributed by atoms with Gasteiger partial charge in [0.1, 0.15) is 0 Å². The number of nitrogens with zero attached hydrogens (tertiary/aromatic N) is 2. The number of benzene rings is 2. The first-order chi connectivity index (χ1) is 13.1. The maximum Gasteiger partial charge on any atom is 0.0998 e. The van der Waals surface area contributed by atoms with Gasteiger partial charge in [0.05, 0.1) is 11.6 Å². The highest BCUT2D eigenvalue weighted by molar-refractivity contribution is 7.80. The van der Waals surface area contributed by atoms with Gasteiger partial charge in [0, 0.05) is 23.5 Å². The van der Waals surface area contributed by atoms with Gasteiger partial charge in [-0.1, -0.05) is 24.3 Å². The van der Waals surface area contributed by atoms with Crippen molar-refractivity contribution in [3.8, 4) is 17.2 Å². The third-order valence-corrected chi connectivity index (χ3v) is 5.33. The Labute approximate surface area is 168 Å². The highest BCUT2D eigenvalue weighted by Crippen LogP contribution is 2.27. The van der Waals surface area contributed by atoms with Gasteiger partial charge in [0.15, 0.2) is 0 Å². The van der Waals surface area contributed by atoms with E-state index in [0.29, 0.717) is 5.56 Å². The number of aryl methyl sites for hydroxylation is 1. The van der Waals surface area contributed by atoms with Crippen molar-refractivity contribution in [2.24, 2.45) is 17.4 Å². The molecule has 1 aliphatic rings. The molecule has 4 nitrogen and oxygen atoms in total. The molecule has 0 aliphatic carbocycles. The molecule has 1 heterocycles. The van der Waals surface area contributed by atoms with Gasteiger partial charge in [0.2, 0.25) is 0 Å². The summed E-state index contributed by atoms with van der Waals surface area (Å²) in [5.74, 6) is 0.768. The molecule has 1 fully saturated rings. The Morgan fingerprint density at radius 1 is 1.11 bits per heavy atom. The number of likely N-dealkylation sites (tertiary alicyclic amines) is 1. The van der Waals surface area contributed by atoms with Crippen LogP contribution in [0.1, 0.15) is 24.0 Å². The maximum atomic E-state index is 9.09. The van der Waals surface area contributed by atoms with Crippen LogP contribution in [0.15, 0.2) is 47.4 Å². The van der Waals surface area contributed by atoms with E-state index in [4.69, 9.17) is 16.7 Å². The smallest absolute Gasteiger partial charge is 0.0998 e. The van der Waals surface area contributed by atoms with Crippen LogP contribution in [0, 0.1) is 24.2 Å². The molecule has 0 aromatic heterocycles. The number of hydrogen-bond acceptors (Lipinski definition) is 5. The minimum atomic E-state index is 0.715. The molecule has 1 saturated heterocycles. The summed E-state index contributed by atoms with van der Waals surface area (Å²) in [6.45, 7) is 7.10. The average molecular weight is 383 g/mol. The number of nitriles is 1. The van der Waals surface area contributed by atoms with E-state index in [9.17, 15) is 0 Å². The van der Waals surface area contributed by atoms with Crippen LogP contribution in [0.25, 0.3) is 11.1 Å². The molecule has 27 heavy (non-hydrogen) atoms. The molecule has 0 radical (unpaired) electrons. The minimum Gasteiger partial charge on any atom is -0.330 e. The fourth-order valence-corrected chi connectivity index (χ4v) is 3.55. The molecular weight excluding hydrogens is 352 g/mol. The zero-order valence-corrected chi connectivity index (χ0v) is 17.0. The van der Waals surface area contributed by atoms with E-state index in [2.05, 4.69) is 23.6 Å². The van der Waals surface area contributed by atoms with E-state index in [1.807, 2.05) is 49.4 Å². The topological polar surface area (TPSA) is 79.1 Å². The number of piperidine rings is 1. The number of thiol groups is 1. The SMILES string of the molecule is Cc1cccc(C#N)c1-c1ccc(S)cc1.NCCN1CCC(CN)CC1. The minimum absolute atomic E-state index is 0.715. The Morgan fingerprint density at radius 2 is 1.78 bits per heavy atom. The zero-order valence-electron chi connectivity index (χ0n) is 16.1. The van der Waals surface area contributed by atoms with Crippen LogP contribution in [0.2, 0.25) is 0 Å². The van der Waals surface area contributed by atoms with Crippen molar-refractivity contribution in [3.05, 3.63) is 53.6 Å². The Kier molecular flexibility index (Phi) is 8.83. The van der Waals surface area contributed by atoms with Crippen molar-refractivity contribution >= 4 is 12.6 Å². The highest BCUT2D eigenvalue weighted by atomic mass is 32.1. The maximum absolute atomic E-state index is 9.09. The normalized spacial score (nSPS) is 14.9. The predicted molar refractivity (Wildman–Crippen MR) is 116 cm³/mol. The average Bonchev–Trinajstić information content (AvgIpc) is 2.70. The molecule has 0 amide bonds. The number of rotatable bonds is 4. The lowest BCUT2D eigenvalue weighted by atomic mass is 9.96. The van der Waals surface area contributed by atoms with Gasteiger partial charge in [0.25, 0.3) is 0 Å². The Morgan fingerprint density at radius 3 is 2.33 bits per heavy atom. The molecule has 4 N–H and O–H groups in total. The van der Waals surface area contributed by atoms with Crippen LogP contribution in [-0.4, -0.2) is 37.6 Å². The molecule has 144 valence electrons. The summed E-state index contributed by atoms with van der Waals surface area (Å²) in [5.41, 5.74) is 14.9. The first kappa shape index (κ1) is 21.5. The fourth-order valence-electron chi connectivity index (χ4n) is 3.40. The van der Waals surface area contributed by atoms with Gasteiger partial charge >= 0.3 is 0 Å². The van der Waals surface area contributed by atoms with Crippen LogP contribution in [0.5, 0.6) is 0 Å². The summed E-state index contributed by atoms with van der Waals surface area (Å²) in [6.07, 6.45) is 2.52. The van der Waals surface area contributed by atoms with Crippen molar-refractivity contribution in [2.75, 3.05) is 32.7 Å². The fraction of sp³-hybridized carbons (Fsp3) is 0.409. The lowest BCUT2D eigenvalue weighted by Gasteiger charge is -2.30. The van der Waals surface area contributed by atoms with Crippen molar-refractivity contribution < 1.29 is 0 Å². The van der Waals surface area contributed by atoms with E-state index < -0.39 is 0 Å². The largest absolute Gasteiger partial charge is 0.330 e. The van der Waals surface area contributed by atoms with Gasteiger partial charge in [-0.2, -0.15) is 5.26 Å². The van der Waals surface area contributed by atoms with Crippen molar-refractivity contribution in [2.45, 2.75) is 24.7 Å². The monoisotopic (exact) mass is 382 g/mol. The molecule has 1 aliphatic heterocycles. The van der Waals surface area contributed by atoms with Crippen LogP contribution >= 0.6 is 12.6 Å². The summed E-state index contributed by atoms with van der Waals surface area (Å²) in [7, 11) is 0. The predicted octanol–water partition coefficient (Wildman–Crippen LogP) is 3.44. The van der Waals surface area contributed by atoms with Gasteiger partial charge in [-0.15, -0.1) is 12.6 Å². The van der Waals surface area contributed by atoms with Crippen LogP contribution < -0.4 is 11.5 Å². The van der Waals surface area contributed by atoms with Crippen molar-refractivity contribution in [1.29, 1.82) is 5.26 Å². The van der Waals surface area contributed by atoms with Crippen molar-refractivity contribution in [3.63, 3.8) is 0 Å². The van der Waals surface area contributed by atoms with Gasteiger partial charge in [-0.25, -0.2) is 0 Å². The lowest BCUT2D eigenvalue weighted by molar-refractivity contribution is 0.192. The molecule has 0 bridgehead atoms. The summed E-state index contributed by atoms with van der Waals surface area (Å²) in [5, 5.41) is 9.09. The summed E-state index contributed by atoms with van der Waals surface area (Å²) in [6, 6.07) is 15.9. The quantitative estimate of drug-likeness (QED) is 0.708. The highest BCUT2D eigenvalue weighted by Gasteiger charge is 2.16. The van der Waals surface area contributed by atoms with E-state index in [1.165, 1.54) is 25.9 Å². The molecule has 0 atom stereocenters. The molecule has 0 spiro atoms. The zero-order chi connectivity index (χ0) is 19.6. The third-order valence-electron chi connectivity index (χ3n) is 5.04. The van der Waals surface area contributed by atoms with Crippen LogP contribution in [-0.2, 0) is 0 Å². The molecule has 0 saturated carbocycles. The molecule has 3 rings (SSSR count). The van der Waals surface area contributed by atoms with Gasteiger partial charge < -0.3 is 16.4 Å². The molecule has 0 unspecified atom stereocenters. The summed E-state index contributed by atoms with van der Waals surface area (Å²) >= 11 is 4.25. The van der Waals surface area contributed by atoms with E-state index in [0.717, 1.165) is 47.1 Å². The third kappa shape index (κ3) is 6.37. The lowest BCUT2D eigenvalue weighted by Crippen LogP contribution is -2.38. The van der Waals surface area contributed by atoms with Crippen LogP contribution in [0.3, 0.4) is 0 Å². The van der Waals surface area contributed by atoms with E-state index >= 15 is 0 Å². The standard InChI is InChI=1S/C14H11NS.C8H19N3/c1-10-3-2-4-12(9-15)14(10)11-5-7-13(16)8-6-11;9-3-6-11-4-1-8(7-10)2-5-11/h2-8,16H,1H3;8H,1-7,9-10H2. The van der Waals surface area contributed by atoms with Gasteiger partial charge in [-0.3, -0.25) is 0 Å². The van der Waals surface area contributed by atoms with Gasteiger partial charge in [-0.05, 0) is 74.6 Å². The molecule has 2 aromatic rings.